The molecule has 1 aromatic heterocycles. The van der Waals surface area contributed by atoms with Crippen LogP contribution in [0.3, 0.4) is 0 Å². The van der Waals surface area contributed by atoms with Gasteiger partial charge in [-0.05, 0) is 96.4 Å². The van der Waals surface area contributed by atoms with Gasteiger partial charge in [-0.3, -0.25) is 0 Å². The Bertz CT molecular complexity index is 3260. The SMILES string of the molecule is C1=CCC(c2cc(-c3ccccc3)nc(-c3cccc(-c4cccc5c4C4(c6ccccc6-c6ccccc64)c4ccccc4C54c5ccccc5-c5ccccc54)c3)n2)C=C1. The van der Waals surface area contributed by atoms with E-state index in [4.69, 9.17) is 9.97 Å². The van der Waals surface area contributed by atoms with Crippen LogP contribution in [0.25, 0.3) is 56.0 Å². The predicted octanol–water partition coefficient (Wildman–Crippen LogP) is 14.1. The van der Waals surface area contributed by atoms with Gasteiger partial charge in [-0.1, -0.05) is 212 Å². The van der Waals surface area contributed by atoms with Crippen LogP contribution in [0.1, 0.15) is 62.5 Å². The number of aromatic nitrogens is 2. The number of rotatable bonds is 4. The molecule has 0 fully saturated rings. The third kappa shape index (κ3) is 4.69. The van der Waals surface area contributed by atoms with Crippen molar-refractivity contribution in [2.24, 2.45) is 0 Å². The minimum Gasteiger partial charge on any atom is -0.232 e. The summed E-state index contributed by atoms with van der Waals surface area (Å²) in [4.78, 5) is 10.7. The van der Waals surface area contributed by atoms with Gasteiger partial charge in [0.05, 0.1) is 22.2 Å². The van der Waals surface area contributed by atoms with Crippen LogP contribution >= 0.6 is 0 Å². The van der Waals surface area contributed by atoms with Crippen molar-refractivity contribution in [3.05, 3.63) is 275 Å². The van der Waals surface area contributed by atoms with Crippen LogP contribution in [0, 0.1) is 0 Å². The molecule has 0 aliphatic heterocycles. The summed E-state index contributed by atoms with van der Waals surface area (Å²) >= 11 is 0. The highest BCUT2D eigenvalue weighted by molar-refractivity contribution is 5.96. The van der Waals surface area contributed by atoms with Gasteiger partial charge < -0.3 is 0 Å². The van der Waals surface area contributed by atoms with Crippen LogP contribution in [0.2, 0.25) is 0 Å². The summed E-state index contributed by atoms with van der Waals surface area (Å²) in [6.07, 6.45) is 9.67. The highest BCUT2D eigenvalue weighted by Crippen LogP contribution is 2.68. The Labute approximate surface area is 362 Å². The quantitative estimate of drug-likeness (QED) is 0.177. The first-order chi connectivity index (χ1) is 30.8. The fourth-order valence-corrected chi connectivity index (χ4v) is 11.7. The maximum atomic E-state index is 5.35. The van der Waals surface area contributed by atoms with Gasteiger partial charge in [0.2, 0.25) is 0 Å². The standard InChI is InChI=1S/C60H40N2/c1-3-19-39(20-4-1)55-38-56(40-21-5-2-6-22-40)62-58(61-55)42-24-17-23-41(37-42)43-29-18-36-54-57(43)60(50-32-13-9-27-46(50)47-28-10-14-33-51(47)60)53-35-16-15-34-52(53)59(54)48-30-11-7-25-44(48)45-26-8-12-31-49(45)59/h1-21,23-38,40H,22H2. The molecule has 62 heavy (non-hydrogen) atoms. The number of benzene rings is 8. The summed E-state index contributed by atoms with van der Waals surface area (Å²) in [7, 11) is 0. The summed E-state index contributed by atoms with van der Waals surface area (Å²) < 4.78 is 0. The molecule has 4 aliphatic carbocycles. The van der Waals surface area contributed by atoms with Crippen LogP contribution < -0.4 is 0 Å². The first-order valence-corrected chi connectivity index (χ1v) is 21.8. The van der Waals surface area contributed by atoms with E-state index < -0.39 is 10.8 Å². The summed E-state index contributed by atoms with van der Waals surface area (Å²) in [5, 5.41) is 0. The lowest BCUT2D eigenvalue weighted by molar-refractivity contribution is 0.634. The van der Waals surface area contributed by atoms with E-state index >= 15 is 0 Å². The molecule has 4 aliphatic rings. The van der Waals surface area contributed by atoms with Gasteiger partial charge in [-0.2, -0.15) is 0 Å². The van der Waals surface area contributed by atoms with Crippen molar-refractivity contribution in [3.63, 3.8) is 0 Å². The second-order valence-electron chi connectivity index (χ2n) is 17.1. The zero-order valence-electron chi connectivity index (χ0n) is 34.0. The Hall–Kier alpha value is -7.68. The lowest BCUT2D eigenvalue weighted by Crippen LogP contribution is -2.44. The normalized spacial score (nSPS) is 16.3. The summed E-state index contributed by atoms with van der Waals surface area (Å²) in [5.74, 6) is 0.923. The zero-order chi connectivity index (χ0) is 40.8. The topological polar surface area (TPSA) is 25.8 Å². The summed E-state index contributed by atoms with van der Waals surface area (Å²) in [5.41, 5.74) is 21.1. The van der Waals surface area contributed by atoms with Crippen molar-refractivity contribution in [3.8, 4) is 56.0 Å². The fourth-order valence-electron chi connectivity index (χ4n) is 11.7. The number of hydrogen-bond acceptors (Lipinski definition) is 2. The molecule has 0 saturated heterocycles. The third-order valence-electron chi connectivity index (χ3n) is 14.1. The smallest absolute Gasteiger partial charge is 0.160 e. The lowest BCUT2D eigenvalue weighted by atomic mass is 9.51. The molecule has 2 nitrogen and oxygen atoms in total. The Morgan fingerprint density at radius 2 is 0.855 bits per heavy atom. The molecule has 1 heterocycles. The van der Waals surface area contributed by atoms with E-state index in [1.54, 1.807) is 0 Å². The highest BCUT2D eigenvalue weighted by atomic mass is 14.9. The van der Waals surface area contributed by atoms with E-state index in [1.807, 2.05) is 0 Å². The van der Waals surface area contributed by atoms with Crippen LogP contribution in [0.5, 0.6) is 0 Å². The van der Waals surface area contributed by atoms with Crippen LogP contribution in [-0.4, -0.2) is 9.97 Å². The third-order valence-corrected chi connectivity index (χ3v) is 14.1. The van der Waals surface area contributed by atoms with Crippen LogP contribution in [0.15, 0.2) is 224 Å². The molecular weight excluding hydrogens is 749 g/mol. The van der Waals surface area contributed by atoms with E-state index in [-0.39, 0.29) is 5.92 Å². The largest absolute Gasteiger partial charge is 0.232 e. The average Bonchev–Trinajstić information content (AvgIpc) is 3.82. The van der Waals surface area contributed by atoms with Gasteiger partial charge >= 0.3 is 0 Å². The average molecular weight is 789 g/mol. The number of allylic oxidation sites excluding steroid dienone is 4. The Balaban J connectivity index is 1.13. The lowest BCUT2D eigenvalue weighted by Gasteiger charge is -2.49. The van der Waals surface area contributed by atoms with E-state index in [0.29, 0.717) is 0 Å². The van der Waals surface area contributed by atoms with Gasteiger partial charge in [0, 0.05) is 17.0 Å². The molecule has 0 saturated carbocycles. The zero-order valence-corrected chi connectivity index (χ0v) is 34.0. The first kappa shape index (κ1) is 35.1. The Kier molecular flexibility index (Phi) is 7.60. The van der Waals surface area contributed by atoms with Crippen molar-refractivity contribution < 1.29 is 0 Å². The van der Waals surface area contributed by atoms with Gasteiger partial charge in [0.25, 0.3) is 0 Å². The van der Waals surface area contributed by atoms with E-state index in [1.165, 1.54) is 72.3 Å². The van der Waals surface area contributed by atoms with Crippen molar-refractivity contribution in [2.75, 3.05) is 0 Å². The minimum absolute atomic E-state index is 0.185. The Morgan fingerprint density at radius 1 is 0.371 bits per heavy atom. The summed E-state index contributed by atoms with van der Waals surface area (Å²) in [6, 6.07) is 74.7. The van der Waals surface area contributed by atoms with Crippen molar-refractivity contribution in [2.45, 2.75) is 23.2 Å². The van der Waals surface area contributed by atoms with E-state index in [2.05, 4.69) is 224 Å². The maximum absolute atomic E-state index is 5.35. The molecule has 13 rings (SSSR count). The molecule has 0 bridgehead atoms. The van der Waals surface area contributed by atoms with Crippen LogP contribution in [-0.2, 0) is 10.8 Å². The number of hydrogen-bond donors (Lipinski definition) is 0. The minimum atomic E-state index is -0.596. The first-order valence-electron chi connectivity index (χ1n) is 21.8. The van der Waals surface area contributed by atoms with E-state index in [0.717, 1.165) is 40.3 Å². The molecule has 9 aromatic rings. The van der Waals surface area contributed by atoms with Crippen LogP contribution in [0.4, 0.5) is 0 Å². The number of fused-ring (bicyclic) bond motifs is 16. The molecule has 2 spiro atoms. The number of nitrogens with zero attached hydrogens (tertiary/aromatic N) is 2. The monoisotopic (exact) mass is 788 g/mol. The maximum Gasteiger partial charge on any atom is 0.160 e. The van der Waals surface area contributed by atoms with E-state index in [9.17, 15) is 0 Å². The Morgan fingerprint density at radius 3 is 1.47 bits per heavy atom. The van der Waals surface area contributed by atoms with Gasteiger partial charge in [-0.15, -0.1) is 0 Å². The molecule has 0 radical (unpaired) electrons. The molecule has 8 aromatic carbocycles. The predicted molar refractivity (Wildman–Crippen MR) is 252 cm³/mol. The molecular formula is C60H40N2. The fraction of sp³-hybridized carbons (Fsp3) is 0.0667. The van der Waals surface area contributed by atoms with Crippen molar-refractivity contribution in [1.82, 2.24) is 9.97 Å². The molecule has 0 amide bonds. The van der Waals surface area contributed by atoms with Crippen molar-refractivity contribution in [1.29, 1.82) is 0 Å². The molecule has 0 N–H and O–H groups in total. The molecule has 290 valence electrons. The van der Waals surface area contributed by atoms with Gasteiger partial charge in [-0.25, -0.2) is 9.97 Å². The second-order valence-corrected chi connectivity index (χ2v) is 17.1. The summed E-state index contributed by atoms with van der Waals surface area (Å²) in [6.45, 7) is 0. The highest BCUT2D eigenvalue weighted by Gasteiger charge is 2.59. The molecule has 1 atom stereocenters. The second kappa shape index (κ2) is 13.4. The molecule has 2 heteroatoms. The van der Waals surface area contributed by atoms with Gasteiger partial charge in [0.1, 0.15) is 0 Å². The van der Waals surface area contributed by atoms with Crippen molar-refractivity contribution >= 4 is 0 Å². The molecule has 1 unspecified atom stereocenters. The van der Waals surface area contributed by atoms with Gasteiger partial charge in [0.15, 0.2) is 5.82 Å².